The fourth-order valence-electron chi connectivity index (χ4n) is 3.67. The average molecular weight is 691 g/mol. The van der Waals surface area contributed by atoms with Gasteiger partial charge in [0.2, 0.25) is 5.96 Å². The minimum Gasteiger partial charge on any atom is -0.461 e. The number of rotatable bonds is 8. The number of hydrogen-bond donors (Lipinski definition) is 1. The molecule has 0 aliphatic heterocycles. The summed E-state index contributed by atoms with van der Waals surface area (Å²) in [6.07, 6.45) is -2.68. The summed E-state index contributed by atoms with van der Waals surface area (Å²) < 4.78 is 27.2. The number of alkyl carbamates (subject to hydrolysis) is 1. The molecule has 274 valence electrons. The number of nitrogens with zero attached hydrogens (tertiary/aromatic N) is 3. The van der Waals surface area contributed by atoms with Crippen LogP contribution in [0.1, 0.15) is 102 Å². The number of amides is 4. The van der Waals surface area contributed by atoms with Crippen LogP contribution in [0.2, 0.25) is 0 Å². The first-order valence-corrected chi connectivity index (χ1v) is 16.0. The second-order valence-corrected chi connectivity index (χ2v) is 14.8. The van der Waals surface area contributed by atoms with Crippen LogP contribution in [0.15, 0.2) is 47.1 Å². The van der Waals surface area contributed by atoms with Crippen LogP contribution in [0.4, 0.5) is 19.2 Å². The molecule has 1 rings (SSSR count). The zero-order chi connectivity index (χ0) is 37.8. The van der Waals surface area contributed by atoms with Gasteiger partial charge in [-0.15, -0.1) is 4.99 Å². The maximum Gasteiger partial charge on any atom is 0.437 e. The van der Waals surface area contributed by atoms with Crippen molar-refractivity contribution < 1.29 is 47.7 Å². The molecule has 0 radical (unpaired) electrons. The fourth-order valence-corrected chi connectivity index (χ4v) is 3.67. The van der Waals surface area contributed by atoms with Gasteiger partial charge in [-0.2, -0.15) is 0 Å². The summed E-state index contributed by atoms with van der Waals surface area (Å²) in [5, 5.41) is 2.39. The van der Waals surface area contributed by atoms with Gasteiger partial charge in [0.15, 0.2) is 0 Å². The van der Waals surface area contributed by atoms with Gasteiger partial charge in [0.05, 0.1) is 13.2 Å². The van der Waals surface area contributed by atoms with Gasteiger partial charge in [-0.05, 0) is 102 Å². The molecule has 0 bridgehead atoms. The maximum absolute atomic E-state index is 13.9. The van der Waals surface area contributed by atoms with Crippen molar-refractivity contribution in [1.29, 1.82) is 0 Å². The molecule has 1 aromatic rings. The van der Waals surface area contributed by atoms with E-state index in [0.717, 1.165) is 9.80 Å². The highest BCUT2D eigenvalue weighted by atomic mass is 16.6. The first-order valence-electron chi connectivity index (χ1n) is 16.0. The molecule has 0 saturated heterocycles. The van der Waals surface area contributed by atoms with Gasteiger partial charge in [-0.25, -0.2) is 33.8 Å². The molecule has 1 aromatic carbocycles. The van der Waals surface area contributed by atoms with Crippen molar-refractivity contribution in [3.63, 3.8) is 0 Å². The van der Waals surface area contributed by atoms with E-state index in [1.54, 1.807) is 120 Å². The molecule has 0 aliphatic rings. The van der Waals surface area contributed by atoms with E-state index in [2.05, 4.69) is 10.3 Å². The molecule has 4 amide bonds. The monoisotopic (exact) mass is 690 g/mol. The van der Waals surface area contributed by atoms with Crippen LogP contribution in [0.5, 0.6) is 0 Å². The molecular formula is C35H54N4O10. The number of ether oxygens (including phenoxy) is 5. The molecule has 1 N–H and O–H groups in total. The predicted octanol–water partition coefficient (Wildman–Crippen LogP) is 7.31. The van der Waals surface area contributed by atoms with Crippen molar-refractivity contribution in [2.45, 2.75) is 125 Å². The smallest absolute Gasteiger partial charge is 0.437 e. The molecule has 0 atom stereocenters. The van der Waals surface area contributed by atoms with Gasteiger partial charge >= 0.3 is 30.3 Å². The van der Waals surface area contributed by atoms with Crippen molar-refractivity contribution in [1.82, 2.24) is 15.1 Å². The van der Waals surface area contributed by atoms with E-state index in [1.807, 2.05) is 0 Å². The number of carbonyl (C=O) groups is 5. The zero-order valence-corrected chi connectivity index (χ0v) is 31.2. The van der Waals surface area contributed by atoms with E-state index in [-0.39, 0.29) is 31.8 Å². The predicted molar refractivity (Wildman–Crippen MR) is 184 cm³/mol. The Hall–Kier alpha value is -4.62. The summed E-state index contributed by atoms with van der Waals surface area (Å²) in [5.41, 5.74) is -3.42. The van der Waals surface area contributed by atoms with Gasteiger partial charge < -0.3 is 23.7 Å². The second kappa shape index (κ2) is 17.7. The summed E-state index contributed by atoms with van der Waals surface area (Å²) in [7, 11) is 0. The van der Waals surface area contributed by atoms with Crippen LogP contribution in [-0.2, 0) is 35.0 Å². The summed E-state index contributed by atoms with van der Waals surface area (Å²) in [4.78, 5) is 72.3. The number of nitrogens with one attached hydrogen (secondary N) is 1. The molecule has 14 nitrogen and oxygen atoms in total. The Bertz CT molecular complexity index is 1360. The Labute approximate surface area is 290 Å². The highest BCUT2D eigenvalue weighted by Gasteiger charge is 2.36. The van der Waals surface area contributed by atoms with E-state index >= 15 is 0 Å². The van der Waals surface area contributed by atoms with Crippen LogP contribution >= 0.6 is 0 Å². The Morgan fingerprint density at radius 3 is 1.67 bits per heavy atom. The summed E-state index contributed by atoms with van der Waals surface area (Å²) in [5.74, 6) is -1.30. The topological polar surface area (TPSA) is 162 Å². The van der Waals surface area contributed by atoms with Gasteiger partial charge in [-0.1, -0.05) is 36.4 Å². The standard InChI is InChI=1S/C35H54N4O10/c1-14-45-26(40)25(36-28(41)46-32(2,3)4)21-18-22-38(30(43)48-34(8,9)10)27(37-29(42)47-33(5,6)7)39(31(44)49-35(11,12)13)23-24-19-16-15-17-20-24/h15-17,19-21H,14,18,22-23H2,1-13H3,(H,36,41)/b25-21-,37-27+. The van der Waals surface area contributed by atoms with E-state index in [0.29, 0.717) is 5.56 Å². The van der Waals surface area contributed by atoms with Gasteiger partial charge in [0.25, 0.3) is 0 Å². The van der Waals surface area contributed by atoms with Crippen LogP contribution in [0.3, 0.4) is 0 Å². The van der Waals surface area contributed by atoms with E-state index in [1.165, 1.54) is 6.08 Å². The van der Waals surface area contributed by atoms with E-state index in [4.69, 9.17) is 23.7 Å². The quantitative estimate of drug-likeness (QED) is 0.0962. The molecule has 14 heteroatoms. The van der Waals surface area contributed by atoms with Gasteiger partial charge in [0.1, 0.15) is 28.1 Å². The lowest BCUT2D eigenvalue weighted by Crippen LogP contribution is -2.52. The van der Waals surface area contributed by atoms with Crippen molar-refractivity contribution in [3.05, 3.63) is 47.7 Å². The molecule has 0 aliphatic carbocycles. The lowest BCUT2D eigenvalue weighted by atomic mass is 10.2. The van der Waals surface area contributed by atoms with E-state index in [9.17, 15) is 24.0 Å². The third-order valence-corrected chi connectivity index (χ3v) is 5.31. The number of aliphatic imine (C=N–C) groups is 1. The van der Waals surface area contributed by atoms with Crippen molar-refractivity contribution in [3.8, 4) is 0 Å². The molecule has 0 unspecified atom stereocenters. The first kappa shape index (κ1) is 42.4. The minimum absolute atomic E-state index is 0.0211. The minimum atomic E-state index is -1.09. The van der Waals surface area contributed by atoms with Crippen molar-refractivity contribution >= 4 is 36.3 Å². The molecule has 0 heterocycles. The largest absolute Gasteiger partial charge is 0.461 e. The highest BCUT2D eigenvalue weighted by Crippen LogP contribution is 2.20. The highest BCUT2D eigenvalue weighted by molar-refractivity contribution is 6.05. The van der Waals surface area contributed by atoms with Gasteiger partial charge in [-0.3, -0.25) is 5.32 Å². The number of benzene rings is 1. The van der Waals surface area contributed by atoms with Crippen LogP contribution in [-0.4, -0.2) is 81.7 Å². The van der Waals surface area contributed by atoms with Gasteiger partial charge in [0, 0.05) is 6.54 Å². The summed E-state index contributed by atoms with van der Waals surface area (Å²) in [6.45, 7) is 21.0. The van der Waals surface area contributed by atoms with Crippen molar-refractivity contribution in [2.75, 3.05) is 13.2 Å². The second-order valence-electron chi connectivity index (χ2n) is 14.8. The first-order chi connectivity index (χ1) is 22.3. The number of hydrogen-bond acceptors (Lipinski definition) is 10. The molecule has 49 heavy (non-hydrogen) atoms. The number of guanidine groups is 1. The molecule has 0 aromatic heterocycles. The Morgan fingerprint density at radius 2 is 1.20 bits per heavy atom. The summed E-state index contributed by atoms with van der Waals surface area (Å²) in [6, 6.07) is 8.81. The zero-order valence-electron chi connectivity index (χ0n) is 31.2. The van der Waals surface area contributed by atoms with Crippen LogP contribution in [0.25, 0.3) is 0 Å². The van der Waals surface area contributed by atoms with Crippen molar-refractivity contribution in [2.24, 2.45) is 4.99 Å². The number of esters is 1. The van der Waals surface area contributed by atoms with E-state index < -0.39 is 58.7 Å². The normalized spacial score (nSPS) is 12.8. The lowest BCUT2D eigenvalue weighted by Gasteiger charge is -2.34. The SMILES string of the molecule is CCOC(=O)/C(=C/CCN(C(=O)OC(C)(C)C)/C(=N\C(=O)OC(C)(C)C)N(Cc1ccccc1)C(=O)OC(C)(C)C)NC(=O)OC(C)(C)C. The Morgan fingerprint density at radius 1 is 0.714 bits per heavy atom. The average Bonchev–Trinajstić information content (AvgIpc) is 2.89. The Kier molecular flexibility index (Phi) is 15.3. The summed E-state index contributed by atoms with van der Waals surface area (Å²) >= 11 is 0. The maximum atomic E-state index is 13.9. The number of carbonyl (C=O) groups excluding carboxylic acids is 5. The third kappa shape index (κ3) is 17.9. The fraction of sp³-hybridized carbons (Fsp3) is 0.600. The molecule has 0 fully saturated rings. The lowest BCUT2D eigenvalue weighted by molar-refractivity contribution is -0.139. The Balaban J connectivity index is 3.88. The van der Waals surface area contributed by atoms with Crippen LogP contribution < -0.4 is 5.32 Å². The molecule has 0 saturated carbocycles. The molecule has 0 spiro atoms. The third-order valence-electron chi connectivity index (χ3n) is 5.31. The molecular weight excluding hydrogens is 636 g/mol. The van der Waals surface area contributed by atoms with Crippen LogP contribution in [0, 0.1) is 0 Å².